The number of alkyl halides is 2. The maximum absolute atomic E-state index is 13.2. The molecule has 4 rings (SSSR count). The number of ether oxygens (including phenoxy) is 2. The topological polar surface area (TPSA) is 101 Å². The fraction of sp³-hybridized carbons (Fsp3) is 0.250. The van der Waals surface area contributed by atoms with Gasteiger partial charge in [0.25, 0.3) is 0 Å². The lowest BCUT2D eigenvalue weighted by Crippen LogP contribution is -2.21. The van der Waals surface area contributed by atoms with Crippen LogP contribution in [0.4, 0.5) is 25.8 Å². The molecule has 10 heteroatoms. The Bertz CT molecular complexity index is 1670. The standard InChI is InChI=1S/C36H35F2N3O5/c1-4-8-25-20-29(16-18-31(25)46-36(37)38)40-33(42)19-23(2)30-21-26(11-17-32(30)45-22-24-9-6-5-7-10-24)34(35(43)44)41-28-14-12-27(39-3)13-15-28/h5-7,9-18,20-21,23,34,36,41H,4,8,19,22H2,1-2H3,(H,40,42)(H,43,44)/t23-,34?/m1/s1. The summed E-state index contributed by atoms with van der Waals surface area (Å²) in [6.45, 7) is 8.23. The van der Waals surface area contributed by atoms with Gasteiger partial charge in [-0.3, -0.25) is 4.79 Å². The summed E-state index contributed by atoms with van der Waals surface area (Å²) in [4.78, 5) is 29.0. The Labute approximate surface area is 266 Å². The third-order valence-corrected chi connectivity index (χ3v) is 7.26. The van der Waals surface area contributed by atoms with Crippen molar-refractivity contribution >= 4 is 28.9 Å². The molecule has 4 aromatic carbocycles. The number of hydrogen-bond acceptors (Lipinski definition) is 5. The molecule has 0 aliphatic heterocycles. The van der Waals surface area contributed by atoms with Crippen LogP contribution in [0.1, 0.15) is 60.9 Å². The van der Waals surface area contributed by atoms with E-state index in [1.807, 2.05) is 44.2 Å². The van der Waals surface area contributed by atoms with Crippen molar-refractivity contribution in [2.45, 2.75) is 58.3 Å². The number of hydrogen-bond donors (Lipinski definition) is 3. The van der Waals surface area contributed by atoms with Crippen LogP contribution in [0, 0.1) is 6.57 Å². The number of aryl methyl sites for hydroxylation is 1. The molecule has 1 amide bonds. The Morgan fingerprint density at radius 1 is 0.935 bits per heavy atom. The summed E-state index contributed by atoms with van der Waals surface area (Å²) >= 11 is 0. The van der Waals surface area contributed by atoms with Crippen LogP contribution in [0.15, 0.2) is 91.0 Å². The van der Waals surface area contributed by atoms with Gasteiger partial charge in [0.15, 0.2) is 11.7 Å². The van der Waals surface area contributed by atoms with Gasteiger partial charge in [-0.25, -0.2) is 9.64 Å². The van der Waals surface area contributed by atoms with Gasteiger partial charge >= 0.3 is 12.6 Å². The van der Waals surface area contributed by atoms with Gasteiger partial charge < -0.3 is 25.2 Å². The van der Waals surface area contributed by atoms with E-state index < -0.39 is 24.5 Å². The molecule has 0 bridgehead atoms. The summed E-state index contributed by atoms with van der Waals surface area (Å²) in [6.07, 6.45) is 1.24. The molecule has 3 N–H and O–H groups in total. The summed E-state index contributed by atoms with van der Waals surface area (Å²) < 4.78 is 36.5. The summed E-state index contributed by atoms with van der Waals surface area (Å²) in [5.74, 6) is -1.23. The van der Waals surface area contributed by atoms with Crippen molar-refractivity contribution in [1.29, 1.82) is 0 Å². The monoisotopic (exact) mass is 627 g/mol. The molecule has 0 heterocycles. The molecule has 1 unspecified atom stereocenters. The Balaban J connectivity index is 1.58. The number of carboxylic acids is 1. The van der Waals surface area contributed by atoms with E-state index in [1.165, 1.54) is 12.1 Å². The van der Waals surface area contributed by atoms with Gasteiger partial charge in [-0.2, -0.15) is 8.78 Å². The zero-order chi connectivity index (χ0) is 33.1. The van der Waals surface area contributed by atoms with Crippen LogP contribution < -0.4 is 20.1 Å². The molecule has 0 aliphatic rings. The fourth-order valence-electron chi connectivity index (χ4n) is 5.02. The minimum atomic E-state index is -2.95. The number of carboxylic acid groups (broad SMARTS) is 1. The predicted molar refractivity (Wildman–Crippen MR) is 173 cm³/mol. The largest absolute Gasteiger partial charge is 0.489 e. The zero-order valence-electron chi connectivity index (χ0n) is 25.5. The number of carbonyl (C=O) groups excluding carboxylic acids is 1. The molecular weight excluding hydrogens is 592 g/mol. The third-order valence-electron chi connectivity index (χ3n) is 7.26. The molecule has 46 heavy (non-hydrogen) atoms. The first-order valence-electron chi connectivity index (χ1n) is 14.8. The van der Waals surface area contributed by atoms with Gasteiger partial charge in [0, 0.05) is 17.8 Å². The summed E-state index contributed by atoms with van der Waals surface area (Å²) in [7, 11) is 0. The van der Waals surface area contributed by atoms with Crippen LogP contribution in [0.3, 0.4) is 0 Å². The smallest absolute Gasteiger partial charge is 0.387 e. The van der Waals surface area contributed by atoms with Gasteiger partial charge in [-0.15, -0.1) is 0 Å². The average Bonchev–Trinajstić information content (AvgIpc) is 3.04. The van der Waals surface area contributed by atoms with Gasteiger partial charge in [0.05, 0.1) is 6.57 Å². The fourth-order valence-corrected chi connectivity index (χ4v) is 5.02. The number of anilines is 2. The molecule has 8 nitrogen and oxygen atoms in total. The molecule has 0 spiro atoms. The highest BCUT2D eigenvalue weighted by Crippen LogP contribution is 2.34. The molecule has 0 fully saturated rings. The van der Waals surface area contributed by atoms with Crippen molar-refractivity contribution in [3.63, 3.8) is 0 Å². The zero-order valence-corrected chi connectivity index (χ0v) is 25.5. The van der Waals surface area contributed by atoms with Crippen LogP contribution >= 0.6 is 0 Å². The molecule has 2 atom stereocenters. The van der Waals surface area contributed by atoms with Crippen molar-refractivity contribution in [3.05, 3.63) is 125 Å². The molecule has 4 aromatic rings. The Kier molecular flexibility index (Phi) is 11.7. The van der Waals surface area contributed by atoms with Crippen molar-refractivity contribution < 1.29 is 33.0 Å². The highest BCUT2D eigenvalue weighted by atomic mass is 19.3. The number of rotatable bonds is 15. The molecule has 0 aromatic heterocycles. The predicted octanol–water partition coefficient (Wildman–Crippen LogP) is 8.74. The van der Waals surface area contributed by atoms with Gasteiger partial charge in [-0.05, 0) is 77.1 Å². The minimum Gasteiger partial charge on any atom is -0.489 e. The lowest BCUT2D eigenvalue weighted by molar-refractivity contribution is -0.138. The number of aliphatic carboxylic acids is 1. The number of benzene rings is 4. The first kappa shape index (κ1) is 33.5. The first-order valence-corrected chi connectivity index (χ1v) is 14.8. The number of carbonyl (C=O) groups is 2. The van der Waals surface area contributed by atoms with E-state index in [4.69, 9.17) is 11.3 Å². The van der Waals surface area contributed by atoms with E-state index in [1.54, 1.807) is 48.5 Å². The van der Waals surface area contributed by atoms with E-state index in [0.29, 0.717) is 52.3 Å². The quantitative estimate of drug-likeness (QED) is 0.114. The van der Waals surface area contributed by atoms with Gasteiger partial charge in [0.1, 0.15) is 18.1 Å². The van der Waals surface area contributed by atoms with Crippen LogP contribution in [0.5, 0.6) is 11.5 Å². The maximum Gasteiger partial charge on any atom is 0.387 e. The Morgan fingerprint density at radius 2 is 1.63 bits per heavy atom. The molecule has 0 saturated heterocycles. The number of nitrogens with one attached hydrogen (secondary N) is 2. The van der Waals surface area contributed by atoms with Gasteiger partial charge in [-0.1, -0.05) is 68.8 Å². The maximum atomic E-state index is 13.2. The van der Waals surface area contributed by atoms with Crippen LogP contribution in [0.25, 0.3) is 4.85 Å². The minimum absolute atomic E-state index is 0.0345. The second kappa shape index (κ2) is 16.0. The summed E-state index contributed by atoms with van der Waals surface area (Å²) in [5, 5.41) is 16.0. The highest BCUT2D eigenvalue weighted by Gasteiger charge is 2.24. The van der Waals surface area contributed by atoms with E-state index >= 15 is 0 Å². The van der Waals surface area contributed by atoms with Crippen LogP contribution in [-0.2, 0) is 22.6 Å². The van der Waals surface area contributed by atoms with E-state index in [2.05, 4.69) is 20.2 Å². The average molecular weight is 628 g/mol. The van der Waals surface area contributed by atoms with Gasteiger partial charge in [0.2, 0.25) is 5.91 Å². The molecule has 0 radical (unpaired) electrons. The highest BCUT2D eigenvalue weighted by molar-refractivity contribution is 5.91. The normalized spacial score (nSPS) is 12.1. The van der Waals surface area contributed by atoms with Crippen molar-refractivity contribution in [2.75, 3.05) is 10.6 Å². The van der Waals surface area contributed by atoms with Crippen molar-refractivity contribution in [3.8, 4) is 11.5 Å². The summed E-state index contributed by atoms with van der Waals surface area (Å²) in [5.41, 5.74) is 4.03. The van der Waals surface area contributed by atoms with Crippen LogP contribution in [-0.4, -0.2) is 23.6 Å². The lowest BCUT2D eigenvalue weighted by atomic mass is 9.92. The second-order valence-corrected chi connectivity index (χ2v) is 10.8. The number of nitrogens with zero attached hydrogens (tertiary/aromatic N) is 1. The third kappa shape index (κ3) is 9.29. The number of halogens is 2. The van der Waals surface area contributed by atoms with E-state index in [0.717, 1.165) is 5.56 Å². The summed E-state index contributed by atoms with van der Waals surface area (Å²) in [6, 6.07) is 24.6. The Morgan fingerprint density at radius 3 is 2.28 bits per heavy atom. The van der Waals surface area contributed by atoms with E-state index in [-0.39, 0.29) is 24.7 Å². The first-order chi connectivity index (χ1) is 22.2. The van der Waals surface area contributed by atoms with Crippen LogP contribution in [0.2, 0.25) is 0 Å². The van der Waals surface area contributed by atoms with Crippen molar-refractivity contribution in [1.82, 2.24) is 0 Å². The lowest BCUT2D eigenvalue weighted by Gasteiger charge is -2.22. The molecular formula is C36H35F2N3O5. The van der Waals surface area contributed by atoms with Crippen molar-refractivity contribution in [2.24, 2.45) is 0 Å². The molecule has 0 aliphatic carbocycles. The Hall–Kier alpha value is -5.43. The number of amides is 1. The molecule has 0 saturated carbocycles. The van der Waals surface area contributed by atoms with E-state index in [9.17, 15) is 23.5 Å². The second-order valence-electron chi connectivity index (χ2n) is 10.8. The molecule has 238 valence electrons. The SMILES string of the molecule is [C-]#[N+]c1ccc(NC(C(=O)O)c2ccc(OCc3ccccc3)c([C@H](C)CC(=O)Nc3ccc(OC(F)F)c(CCC)c3)c2)cc1.